The number of hydrogen-bond acceptors (Lipinski definition) is 8. The van der Waals surface area contributed by atoms with Gasteiger partial charge in [-0.15, -0.1) is 0 Å². The first kappa shape index (κ1) is 28.5. The van der Waals surface area contributed by atoms with E-state index in [1.165, 1.54) is 4.68 Å². The van der Waals surface area contributed by atoms with E-state index >= 15 is 0 Å². The van der Waals surface area contributed by atoms with Gasteiger partial charge >= 0.3 is 0 Å². The zero-order valence-electron chi connectivity index (χ0n) is 23.3. The van der Waals surface area contributed by atoms with Crippen LogP contribution in [0.25, 0.3) is 28.2 Å². The quantitative estimate of drug-likeness (QED) is 0.219. The Hall–Kier alpha value is -5.06. The van der Waals surface area contributed by atoms with E-state index in [4.69, 9.17) is 20.6 Å². The summed E-state index contributed by atoms with van der Waals surface area (Å²) in [6.45, 7) is 1.34. The second-order valence-corrected chi connectivity index (χ2v) is 9.90. The van der Waals surface area contributed by atoms with Crippen LogP contribution < -0.4 is 16.0 Å². The number of carbonyl (C=O) groups excluding carboxylic acids is 1. The minimum atomic E-state index is -0.973. The summed E-state index contributed by atoms with van der Waals surface area (Å²) < 4.78 is 8.75. The third-order valence-corrected chi connectivity index (χ3v) is 7.01. The van der Waals surface area contributed by atoms with Gasteiger partial charge in [-0.05, 0) is 36.8 Å². The fraction of sp³-hybridized carbons (Fsp3) is 0.188. The number of anilines is 1. The molecule has 0 aliphatic heterocycles. The van der Waals surface area contributed by atoms with Gasteiger partial charge in [-0.25, -0.2) is 14.6 Å². The second-order valence-electron chi connectivity index (χ2n) is 9.90. The minimum absolute atomic E-state index is 0.0412. The molecule has 2 aromatic heterocycles. The molecule has 0 saturated carbocycles. The first-order valence-corrected chi connectivity index (χ1v) is 13.4. The van der Waals surface area contributed by atoms with Crippen LogP contribution >= 0.6 is 0 Å². The lowest BCUT2D eigenvalue weighted by molar-refractivity contribution is 0.0536. The molecule has 5 rings (SSSR count). The van der Waals surface area contributed by atoms with Crippen LogP contribution in [0.1, 0.15) is 21.6 Å². The number of nitrogen functional groups attached to an aromatic ring is 1. The standard InChI is InChI=1S/C32H31N5O5/c1-20-29(32(41)37(36(20)2)24-8-4-3-5-9-24)28(40)15-21-11-13-22(14-12-21)30-31(33)34-17-27(35-30)23-7-6-10-26(16-23)42-19-25(39)18-38/h3-14,16-17,25,38-39H,15,18-19H2,1-2H3,(H2,33,34). The lowest BCUT2D eigenvalue weighted by Gasteiger charge is -2.12. The first-order chi connectivity index (χ1) is 20.3. The van der Waals surface area contributed by atoms with E-state index in [1.54, 1.807) is 43.0 Å². The highest BCUT2D eigenvalue weighted by Gasteiger charge is 2.22. The number of aromatic nitrogens is 4. The summed E-state index contributed by atoms with van der Waals surface area (Å²) in [5.41, 5.74) is 10.6. The number of rotatable bonds is 10. The van der Waals surface area contributed by atoms with Crippen LogP contribution in [0.3, 0.4) is 0 Å². The van der Waals surface area contributed by atoms with Crippen LogP contribution in [-0.4, -0.2) is 54.6 Å². The van der Waals surface area contributed by atoms with Crippen LogP contribution in [0, 0.1) is 6.92 Å². The maximum absolute atomic E-state index is 13.3. The molecule has 2 heterocycles. The molecule has 0 spiro atoms. The topological polar surface area (TPSA) is 145 Å². The van der Waals surface area contributed by atoms with Crippen LogP contribution in [-0.2, 0) is 13.5 Å². The number of aliphatic hydroxyl groups is 2. The number of nitrogens with two attached hydrogens (primary N) is 1. The van der Waals surface area contributed by atoms with Crippen molar-refractivity contribution >= 4 is 11.6 Å². The summed E-state index contributed by atoms with van der Waals surface area (Å²) >= 11 is 0. The highest BCUT2D eigenvalue weighted by Crippen LogP contribution is 2.28. The Morgan fingerprint density at radius 1 is 1.02 bits per heavy atom. The Balaban J connectivity index is 1.36. The monoisotopic (exact) mass is 565 g/mol. The fourth-order valence-corrected chi connectivity index (χ4v) is 4.68. The molecule has 3 aromatic carbocycles. The maximum atomic E-state index is 13.3. The van der Waals surface area contributed by atoms with E-state index in [0.717, 1.165) is 16.7 Å². The molecule has 4 N–H and O–H groups in total. The second kappa shape index (κ2) is 12.2. The van der Waals surface area contributed by atoms with Crippen molar-refractivity contribution < 1.29 is 19.7 Å². The van der Waals surface area contributed by atoms with Gasteiger partial charge in [0.05, 0.1) is 24.2 Å². The molecule has 42 heavy (non-hydrogen) atoms. The van der Waals surface area contributed by atoms with Gasteiger partial charge in [0.1, 0.15) is 35.5 Å². The third-order valence-electron chi connectivity index (χ3n) is 7.01. The van der Waals surface area contributed by atoms with Crippen LogP contribution in [0.15, 0.2) is 89.9 Å². The molecule has 10 heteroatoms. The Labute approximate surface area is 242 Å². The molecule has 0 fully saturated rings. The van der Waals surface area contributed by atoms with Gasteiger partial charge in [0.15, 0.2) is 5.78 Å². The first-order valence-electron chi connectivity index (χ1n) is 13.4. The lowest BCUT2D eigenvalue weighted by atomic mass is 10.0. The molecule has 0 bridgehead atoms. The predicted octanol–water partition coefficient (Wildman–Crippen LogP) is 3.35. The Morgan fingerprint density at radius 3 is 2.48 bits per heavy atom. The predicted molar refractivity (Wildman–Crippen MR) is 160 cm³/mol. The third kappa shape index (κ3) is 5.85. The molecule has 0 amide bonds. The summed E-state index contributed by atoms with van der Waals surface area (Å²) in [6.07, 6.45) is 0.658. The summed E-state index contributed by atoms with van der Waals surface area (Å²) in [4.78, 5) is 35.6. The highest BCUT2D eigenvalue weighted by atomic mass is 16.5. The number of aliphatic hydroxyl groups excluding tert-OH is 2. The number of carbonyl (C=O) groups is 1. The van der Waals surface area contributed by atoms with Gasteiger partial charge in [0.25, 0.3) is 5.56 Å². The Bertz CT molecular complexity index is 1780. The van der Waals surface area contributed by atoms with Crippen molar-refractivity contribution in [1.29, 1.82) is 0 Å². The van der Waals surface area contributed by atoms with E-state index in [2.05, 4.69) is 4.98 Å². The van der Waals surface area contributed by atoms with Gasteiger partial charge in [-0.1, -0.05) is 54.6 Å². The minimum Gasteiger partial charge on any atom is -0.491 e. The van der Waals surface area contributed by atoms with E-state index < -0.39 is 6.10 Å². The van der Waals surface area contributed by atoms with Gasteiger partial charge in [-0.2, -0.15) is 0 Å². The Morgan fingerprint density at radius 2 is 1.76 bits per heavy atom. The number of benzene rings is 3. The van der Waals surface area contributed by atoms with Crippen molar-refractivity contribution in [1.82, 2.24) is 19.3 Å². The number of Topliss-reactive ketones (excluding diaryl/α,β-unsaturated/α-hetero) is 1. The van der Waals surface area contributed by atoms with E-state index in [-0.39, 0.29) is 42.4 Å². The molecule has 0 aliphatic carbocycles. The van der Waals surface area contributed by atoms with Crippen molar-refractivity contribution in [2.24, 2.45) is 7.05 Å². The molecule has 1 unspecified atom stereocenters. The number of ether oxygens (including phenoxy) is 1. The smallest absolute Gasteiger partial charge is 0.282 e. The summed E-state index contributed by atoms with van der Waals surface area (Å²) in [7, 11) is 1.76. The molecule has 10 nitrogen and oxygen atoms in total. The van der Waals surface area contributed by atoms with E-state index in [9.17, 15) is 14.7 Å². The molecule has 1 atom stereocenters. The summed E-state index contributed by atoms with van der Waals surface area (Å²) in [5.74, 6) is 0.506. The normalized spacial score (nSPS) is 11.8. The maximum Gasteiger partial charge on any atom is 0.282 e. The van der Waals surface area contributed by atoms with Gasteiger partial charge in [0, 0.05) is 30.3 Å². The van der Waals surface area contributed by atoms with Crippen LogP contribution in [0.4, 0.5) is 5.82 Å². The van der Waals surface area contributed by atoms with E-state index in [1.807, 2.05) is 60.7 Å². The average Bonchev–Trinajstić information content (AvgIpc) is 3.24. The molecule has 5 aromatic rings. The number of nitrogens with zero attached hydrogens (tertiary/aromatic N) is 4. The average molecular weight is 566 g/mol. The van der Waals surface area contributed by atoms with Crippen LogP contribution in [0.2, 0.25) is 0 Å². The van der Waals surface area contributed by atoms with Crippen molar-refractivity contribution in [2.75, 3.05) is 18.9 Å². The van der Waals surface area contributed by atoms with Gasteiger partial charge in [0.2, 0.25) is 0 Å². The molecular formula is C32H31N5O5. The number of para-hydroxylation sites is 1. The molecule has 214 valence electrons. The highest BCUT2D eigenvalue weighted by molar-refractivity contribution is 5.98. The SMILES string of the molecule is Cc1c(C(=O)Cc2ccc(-c3nc(-c4cccc(OCC(O)CO)c4)cnc3N)cc2)c(=O)n(-c2ccccc2)n1C. The van der Waals surface area contributed by atoms with Crippen molar-refractivity contribution in [3.05, 3.63) is 112 Å². The molecular weight excluding hydrogens is 534 g/mol. The van der Waals surface area contributed by atoms with Crippen molar-refractivity contribution in [3.63, 3.8) is 0 Å². The zero-order valence-corrected chi connectivity index (χ0v) is 23.3. The van der Waals surface area contributed by atoms with Crippen molar-refractivity contribution in [2.45, 2.75) is 19.4 Å². The molecule has 0 radical (unpaired) electrons. The molecule has 0 saturated heterocycles. The Kier molecular flexibility index (Phi) is 8.28. The summed E-state index contributed by atoms with van der Waals surface area (Å²) in [6, 6.07) is 23.6. The largest absolute Gasteiger partial charge is 0.491 e. The fourth-order valence-electron chi connectivity index (χ4n) is 4.68. The zero-order chi connectivity index (χ0) is 29.8. The van der Waals surface area contributed by atoms with E-state index in [0.29, 0.717) is 28.5 Å². The lowest BCUT2D eigenvalue weighted by Crippen LogP contribution is -2.23. The van der Waals surface area contributed by atoms with Gasteiger partial charge < -0.3 is 20.7 Å². The van der Waals surface area contributed by atoms with Gasteiger partial charge in [-0.3, -0.25) is 14.3 Å². The number of hydrogen-bond donors (Lipinski definition) is 3. The van der Waals surface area contributed by atoms with Crippen LogP contribution in [0.5, 0.6) is 5.75 Å². The summed E-state index contributed by atoms with van der Waals surface area (Å²) in [5, 5.41) is 18.6. The number of ketones is 1. The molecule has 0 aliphatic rings. The van der Waals surface area contributed by atoms with Crippen molar-refractivity contribution in [3.8, 4) is 34.0 Å².